The minimum Gasteiger partial charge on any atom is -0.290 e. The first-order chi connectivity index (χ1) is 11.0. The summed E-state index contributed by atoms with van der Waals surface area (Å²) in [6.07, 6.45) is 5.20. The molecular formula is C14H19N5O3S. The highest BCUT2D eigenvalue weighted by molar-refractivity contribution is 7.87. The van der Waals surface area contributed by atoms with Crippen LogP contribution in [-0.2, 0) is 10.2 Å². The molecule has 3 rings (SSSR count). The molecule has 1 amide bonds. The van der Waals surface area contributed by atoms with Crippen molar-refractivity contribution in [3.05, 3.63) is 36.2 Å². The van der Waals surface area contributed by atoms with Crippen LogP contribution in [0.4, 0.5) is 0 Å². The molecule has 23 heavy (non-hydrogen) atoms. The van der Waals surface area contributed by atoms with Gasteiger partial charge in [-0.3, -0.25) is 9.69 Å². The molecule has 0 saturated carbocycles. The SMILES string of the molecule is CN(CN1CCCC1)S(=O)(=O)NC(=O)c1cnn2ccccc12. The Morgan fingerprint density at radius 3 is 2.83 bits per heavy atom. The van der Waals surface area contributed by atoms with Gasteiger partial charge in [-0.1, -0.05) is 6.07 Å². The first-order valence-corrected chi connectivity index (χ1v) is 8.84. The lowest BCUT2D eigenvalue weighted by molar-refractivity contribution is 0.0980. The van der Waals surface area contributed by atoms with Crippen LogP contribution in [0.2, 0.25) is 0 Å². The average Bonchev–Trinajstić information content (AvgIpc) is 3.15. The third-order valence-corrected chi connectivity index (χ3v) is 5.28. The quantitative estimate of drug-likeness (QED) is 0.848. The zero-order valence-electron chi connectivity index (χ0n) is 12.8. The molecule has 1 saturated heterocycles. The molecule has 0 unspecified atom stereocenters. The molecule has 1 aliphatic heterocycles. The second-order valence-corrected chi connectivity index (χ2v) is 7.37. The van der Waals surface area contributed by atoms with Crippen LogP contribution in [0.5, 0.6) is 0 Å². The first-order valence-electron chi connectivity index (χ1n) is 7.40. The lowest BCUT2D eigenvalue weighted by Crippen LogP contribution is -2.45. The molecule has 1 aliphatic rings. The maximum Gasteiger partial charge on any atom is 0.304 e. The molecule has 1 fully saturated rings. The van der Waals surface area contributed by atoms with Crippen molar-refractivity contribution < 1.29 is 13.2 Å². The minimum absolute atomic E-state index is 0.226. The van der Waals surface area contributed by atoms with Crippen LogP contribution in [0.3, 0.4) is 0 Å². The van der Waals surface area contributed by atoms with E-state index < -0.39 is 16.1 Å². The van der Waals surface area contributed by atoms with Gasteiger partial charge in [0.25, 0.3) is 5.91 Å². The molecular weight excluding hydrogens is 318 g/mol. The summed E-state index contributed by atoms with van der Waals surface area (Å²) in [5.41, 5.74) is 0.783. The fourth-order valence-electron chi connectivity index (χ4n) is 2.64. The van der Waals surface area contributed by atoms with E-state index in [4.69, 9.17) is 0 Å². The van der Waals surface area contributed by atoms with E-state index >= 15 is 0 Å². The standard InChI is InChI=1S/C14H19N5O3S/c1-17(11-18-7-4-5-8-18)23(21,22)16-14(20)12-10-15-19-9-3-2-6-13(12)19/h2-3,6,9-10H,4-5,7-8,11H2,1H3,(H,16,20). The van der Waals surface area contributed by atoms with Gasteiger partial charge in [-0.25, -0.2) is 9.24 Å². The molecule has 0 radical (unpaired) electrons. The van der Waals surface area contributed by atoms with Crippen molar-refractivity contribution in [2.24, 2.45) is 0 Å². The number of pyridine rings is 1. The van der Waals surface area contributed by atoms with Crippen molar-refractivity contribution in [1.82, 2.24) is 23.5 Å². The number of aromatic nitrogens is 2. The van der Waals surface area contributed by atoms with E-state index in [1.54, 1.807) is 24.4 Å². The molecule has 0 aliphatic carbocycles. The zero-order chi connectivity index (χ0) is 16.4. The summed E-state index contributed by atoms with van der Waals surface area (Å²) in [6, 6.07) is 5.26. The molecule has 2 aromatic heterocycles. The van der Waals surface area contributed by atoms with Crippen LogP contribution in [0.1, 0.15) is 23.2 Å². The van der Waals surface area contributed by atoms with Gasteiger partial charge in [0, 0.05) is 13.2 Å². The number of hydrogen-bond donors (Lipinski definition) is 1. The van der Waals surface area contributed by atoms with Crippen LogP contribution in [0.25, 0.3) is 5.52 Å². The molecule has 8 nitrogen and oxygen atoms in total. The second-order valence-electron chi connectivity index (χ2n) is 5.59. The molecule has 0 atom stereocenters. The van der Waals surface area contributed by atoms with Gasteiger partial charge in [0.05, 0.1) is 23.9 Å². The Hall–Kier alpha value is -1.97. The van der Waals surface area contributed by atoms with E-state index in [0.29, 0.717) is 5.52 Å². The van der Waals surface area contributed by atoms with E-state index in [1.807, 2.05) is 4.90 Å². The molecule has 0 spiro atoms. The van der Waals surface area contributed by atoms with Gasteiger partial charge in [0.2, 0.25) is 0 Å². The molecule has 9 heteroatoms. The summed E-state index contributed by atoms with van der Waals surface area (Å²) in [7, 11) is -2.42. The van der Waals surface area contributed by atoms with Gasteiger partial charge >= 0.3 is 10.2 Å². The van der Waals surface area contributed by atoms with Gasteiger partial charge in [-0.2, -0.15) is 17.8 Å². The average molecular weight is 337 g/mol. The fourth-order valence-corrected chi connectivity index (χ4v) is 3.46. The Kier molecular flexibility index (Phi) is 4.33. The van der Waals surface area contributed by atoms with E-state index in [9.17, 15) is 13.2 Å². The van der Waals surface area contributed by atoms with Crippen molar-refractivity contribution in [3.63, 3.8) is 0 Å². The normalized spacial score (nSPS) is 16.3. The predicted molar refractivity (Wildman–Crippen MR) is 85.0 cm³/mol. The number of fused-ring (bicyclic) bond motifs is 1. The molecule has 0 aromatic carbocycles. The van der Waals surface area contributed by atoms with Crippen molar-refractivity contribution in [2.45, 2.75) is 12.8 Å². The monoisotopic (exact) mass is 337 g/mol. The third-order valence-electron chi connectivity index (χ3n) is 3.90. The Morgan fingerprint density at radius 1 is 1.35 bits per heavy atom. The van der Waals surface area contributed by atoms with Crippen molar-refractivity contribution >= 4 is 21.6 Å². The highest BCUT2D eigenvalue weighted by Crippen LogP contribution is 2.12. The number of carbonyl (C=O) groups excluding carboxylic acids is 1. The van der Waals surface area contributed by atoms with E-state index in [0.717, 1.165) is 30.2 Å². The fraction of sp³-hybridized carbons (Fsp3) is 0.429. The van der Waals surface area contributed by atoms with Crippen molar-refractivity contribution in [1.29, 1.82) is 0 Å². The van der Waals surface area contributed by atoms with E-state index in [1.165, 1.54) is 17.8 Å². The second kappa shape index (κ2) is 6.26. The highest BCUT2D eigenvalue weighted by Gasteiger charge is 2.25. The smallest absolute Gasteiger partial charge is 0.290 e. The van der Waals surface area contributed by atoms with E-state index in [2.05, 4.69) is 9.82 Å². The lowest BCUT2D eigenvalue weighted by atomic mass is 10.2. The molecule has 1 N–H and O–H groups in total. The zero-order valence-corrected chi connectivity index (χ0v) is 13.7. The summed E-state index contributed by atoms with van der Waals surface area (Å²) in [6.45, 7) is 2.03. The molecule has 2 aromatic rings. The number of nitrogens with one attached hydrogen (secondary N) is 1. The van der Waals surface area contributed by atoms with Crippen LogP contribution in [0, 0.1) is 0 Å². The largest absolute Gasteiger partial charge is 0.304 e. The van der Waals surface area contributed by atoms with Gasteiger partial charge in [0.15, 0.2) is 0 Å². The van der Waals surface area contributed by atoms with E-state index in [-0.39, 0.29) is 12.2 Å². The maximum atomic E-state index is 12.3. The third kappa shape index (κ3) is 3.36. The van der Waals surface area contributed by atoms with Gasteiger partial charge in [0.1, 0.15) is 0 Å². The number of likely N-dealkylation sites (tertiary alicyclic amines) is 1. The number of carbonyl (C=O) groups is 1. The Bertz CT molecular complexity index is 811. The summed E-state index contributed by atoms with van der Waals surface area (Å²) in [5.74, 6) is -0.681. The Morgan fingerprint density at radius 2 is 2.09 bits per heavy atom. The lowest BCUT2D eigenvalue weighted by Gasteiger charge is -2.23. The number of rotatable bonds is 5. The summed E-state index contributed by atoms with van der Waals surface area (Å²) in [5, 5.41) is 4.04. The minimum atomic E-state index is -3.89. The number of nitrogens with zero attached hydrogens (tertiary/aromatic N) is 4. The summed E-state index contributed by atoms with van der Waals surface area (Å²) in [4.78, 5) is 14.3. The first kappa shape index (κ1) is 15.9. The van der Waals surface area contributed by atoms with Crippen LogP contribution < -0.4 is 4.72 Å². The van der Waals surface area contributed by atoms with Gasteiger partial charge < -0.3 is 0 Å². The summed E-state index contributed by atoms with van der Waals surface area (Å²) >= 11 is 0. The Balaban J connectivity index is 1.73. The van der Waals surface area contributed by atoms with Crippen molar-refractivity contribution in [2.75, 3.05) is 26.8 Å². The van der Waals surface area contributed by atoms with Gasteiger partial charge in [-0.15, -0.1) is 0 Å². The highest BCUT2D eigenvalue weighted by atomic mass is 32.2. The predicted octanol–water partition coefficient (Wildman–Crippen LogP) is 0.294. The number of hydrogen-bond acceptors (Lipinski definition) is 5. The van der Waals surface area contributed by atoms with Crippen LogP contribution >= 0.6 is 0 Å². The summed E-state index contributed by atoms with van der Waals surface area (Å²) < 4.78 is 29.4. The maximum absolute atomic E-state index is 12.3. The van der Waals surface area contributed by atoms with Gasteiger partial charge in [-0.05, 0) is 38.1 Å². The molecule has 0 bridgehead atoms. The number of amides is 1. The molecule has 3 heterocycles. The molecule has 124 valence electrons. The Labute approximate surface area is 134 Å². The van der Waals surface area contributed by atoms with Crippen LogP contribution in [0.15, 0.2) is 30.6 Å². The topological polar surface area (TPSA) is 87.0 Å². The van der Waals surface area contributed by atoms with Crippen molar-refractivity contribution in [3.8, 4) is 0 Å². The van der Waals surface area contributed by atoms with Crippen LogP contribution in [-0.4, -0.2) is 60.0 Å².